The molecule has 0 bridgehead atoms. The first-order valence-corrected chi connectivity index (χ1v) is 4.98. The molecule has 1 heterocycles. The maximum absolute atomic E-state index is 11.1. The third-order valence-corrected chi connectivity index (χ3v) is 3.39. The van der Waals surface area contributed by atoms with E-state index >= 15 is 0 Å². The van der Waals surface area contributed by atoms with E-state index in [4.69, 9.17) is 4.74 Å². The van der Waals surface area contributed by atoms with Crippen LogP contribution in [0.2, 0.25) is 0 Å². The van der Waals surface area contributed by atoms with Crippen LogP contribution >= 0.6 is 0 Å². The molecular weight excluding hydrogens is 164 g/mol. The number of hydrogen-bond acceptors (Lipinski definition) is 2. The van der Waals surface area contributed by atoms with Gasteiger partial charge in [-0.3, -0.25) is 4.79 Å². The van der Waals surface area contributed by atoms with Crippen molar-refractivity contribution in [2.24, 2.45) is 0 Å². The highest BCUT2D eigenvalue weighted by molar-refractivity contribution is 5.72. The average Bonchev–Trinajstić information content (AvgIpc) is 2.42. The van der Waals surface area contributed by atoms with Crippen LogP contribution in [0.1, 0.15) is 46.0 Å². The summed E-state index contributed by atoms with van der Waals surface area (Å²) in [6.07, 6.45) is 4.63. The highest BCUT2D eigenvalue weighted by Gasteiger charge is 2.41. The summed E-state index contributed by atoms with van der Waals surface area (Å²) in [5, 5.41) is 0. The lowest BCUT2D eigenvalue weighted by Gasteiger charge is -2.33. The van der Waals surface area contributed by atoms with Crippen molar-refractivity contribution in [3.63, 3.8) is 0 Å². The van der Waals surface area contributed by atoms with Gasteiger partial charge >= 0.3 is 5.97 Å². The molecule has 1 fully saturated rings. The lowest BCUT2D eigenvalue weighted by Crippen LogP contribution is -2.31. The maximum atomic E-state index is 11.1. The molecule has 0 saturated carbocycles. The smallest absolute Gasteiger partial charge is 0.306 e. The summed E-state index contributed by atoms with van der Waals surface area (Å²) in [6.45, 7) is 4.33. The average molecular weight is 180 g/mol. The van der Waals surface area contributed by atoms with Crippen LogP contribution < -0.4 is 0 Å². The fraction of sp³-hybridized carbons (Fsp3) is 0.727. The molecule has 2 nitrogen and oxygen atoms in total. The van der Waals surface area contributed by atoms with Crippen LogP contribution in [0, 0.1) is 0 Å². The Kier molecular flexibility index (Phi) is 1.94. The second-order valence-electron chi connectivity index (χ2n) is 4.39. The fourth-order valence-corrected chi connectivity index (χ4v) is 2.33. The Morgan fingerprint density at radius 2 is 1.85 bits per heavy atom. The van der Waals surface area contributed by atoms with E-state index in [9.17, 15) is 4.79 Å². The topological polar surface area (TPSA) is 26.3 Å². The van der Waals surface area contributed by atoms with Crippen molar-refractivity contribution < 1.29 is 9.53 Å². The van der Waals surface area contributed by atoms with Gasteiger partial charge in [0, 0.05) is 12.8 Å². The molecular formula is C11H16O2. The molecule has 0 aromatic heterocycles. The Bertz CT molecular complexity index is 278. The molecule has 0 aromatic rings. The molecule has 2 heteroatoms. The van der Waals surface area contributed by atoms with Crippen molar-refractivity contribution in [3.05, 3.63) is 11.1 Å². The third kappa shape index (κ3) is 1.50. The number of esters is 1. The zero-order valence-electron chi connectivity index (χ0n) is 8.35. The predicted molar refractivity (Wildman–Crippen MR) is 50.3 cm³/mol. The first kappa shape index (κ1) is 8.79. The number of ether oxygens (including phenoxy) is 1. The summed E-state index contributed by atoms with van der Waals surface area (Å²) in [5.41, 5.74) is 2.79. The van der Waals surface area contributed by atoms with Gasteiger partial charge in [0.2, 0.25) is 0 Å². The van der Waals surface area contributed by atoms with Gasteiger partial charge in [0.1, 0.15) is 5.60 Å². The van der Waals surface area contributed by atoms with Gasteiger partial charge in [-0.2, -0.15) is 0 Å². The minimum Gasteiger partial charge on any atom is -0.459 e. The molecule has 2 aliphatic rings. The van der Waals surface area contributed by atoms with Crippen molar-refractivity contribution in [2.45, 2.75) is 51.6 Å². The molecule has 0 radical (unpaired) electrons. The van der Waals surface area contributed by atoms with E-state index in [-0.39, 0.29) is 11.6 Å². The Balaban J connectivity index is 2.16. The minimum atomic E-state index is -0.110. The predicted octanol–water partition coefficient (Wildman–Crippen LogP) is 2.58. The summed E-state index contributed by atoms with van der Waals surface area (Å²) in [7, 11) is 0. The quantitative estimate of drug-likeness (QED) is 0.423. The zero-order chi connectivity index (χ0) is 9.47. The van der Waals surface area contributed by atoms with Crippen LogP contribution in [-0.2, 0) is 9.53 Å². The van der Waals surface area contributed by atoms with Gasteiger partial charge in [-0.25, -0.2) is 0 Å². The van der Waals surface area contributed by atoms with Gasteiger partial charge in [0.25, 0.3) is 0 Å². The lowest BCUT2D eigenvalue weighted by molar-refractivity contribution is -0.149. The molecule has 0 amide bonds. The molecule has 1 spiro atoms. The molecule has 1 atom stereocenters. The standard InChI is InChI=1S/C11H16O2/c1-8-3-5-11(7-9(8)2)6-4-10(12)13-11/h3-7H2,1-2H3. The van der Waals surface area contributed by atoms with Crippen molar-refractivity contribution in [3.8, 4) is 0 Å². The van der Waals surface area contributed by atoms with E-state index in [2.05, 4.69) is 13.8 Å². The van der Waals surface area contributed by atoms with Crippen LogP contribution in [0.15, 0.2) is 11.1 Å². The maximum Gasteiger partial charge on any atom is 0.306 e. The van der Waals surface area contributed by atoms with Crippen molar-refractivity contribution in [2.75, 3.05) is 0 Å². The van der Waals surface area contributed by atoms with E-state index in [1.807, 2.05) is 0 Å². The number of hydrogen-bond donors (Lipinski definition) is 0. The van der Waals surface area contributed by atoms with Crippen molar-refractivity contribution >= 4 is 5.97 Å². The second-order valence-corrected chi connectivity index (χ2v) is 4.39. The summed E-state index contributed by atoms with van der Waals surface area (Å²) in [5.74, 6) is -0.00708. The number of allylic oxidation sites excluding steroid dienone is 1. The summed E-state index contributed by atoms with van der Waals surface area (Å²) >= 11 is 0. The number of carbonyl (C=O) groups excluding carboxylic acids is 1. The molecule has 72 valence electrons. The molecule has 0 N–H and O–H groups in total. The monoisotopic (exact) mass is 180 g/mol. The Hall–Kier alpha value is -0.790. The van der Waals surface area contributed by atoms with Gasteiger partial charge in [0.15, 0.2) is 0 Å². The lowest BCUT2D eigenvalue weighted by atomic mass is 9.80. The highest BCUT2D eigenvalue weighted by atomic mass is 16.6. The van der Waals surface area contributed by atoms with Gasteiger partial charge in [0.05, 0.1) is 0 Å². The molecule has 1 saturated heterocycles. The fourth-order valence-electron chi connectivity index (χ4n) is 2.33. The number of carbonyl (C=O) groups is 1. The van der Waals surface area contributed by atoms with Crippen molar-refractivity contribution in [1.29, 1.82) is 0 Å². The number of rotatable bonds is 0. The Morgan fingerprint density at radius 3 is 2.38 bits per heavy atom. The summed E-state index contributed by atoms with van der Waals surface area (Å²) < 4.78 is 5.44. The molecule has 0 aromatic carbocycles. The van der Waals surface area contributed by atoms with Crippen LogP contribution in [-0.4, -0.2) is 11.6 Å². The summed E-state index contributed by atoms with van der Waals surface area (Å²) in [6, 6.07) is 0. The first-order chi connectivity index (χ1) is 6.11. The zero-order valence-corrected chi connectivity index (χ0v) is 8.35. The Morgan fingerprint density at radius 1 is 1.15 bits per heavy atom. The second kappa shape index (κ2) is 2.86. The van der Waals surface area contributed by atoms with Crippen LogP contribution in [0.4, 0.5) is 0 Å². The van der Waals surface area contributed by atoms with Crippen LogP contribution in [0.3, 0.4) is 0 Å². The molecule has 13 heavy (non-hydrogen) atoms. The molecule has 1 aliphatic heterocycles. The third-order valence-electron chi connectivity index (χ3n) is 3.39. The molecule has 2 rings (SSSR count). The highest BCUT2D eigenvalue weighted by Crippen LogP contribution is 2.41. The largest absolute Gasteiger partial charge is 0.459 e. The van der Waals surface area contributed by atoms with Gasteiger partial charge < -0.3 is 4.74 Å². The van der Waals surface area contributed by atoms with E-state index in [1.54, 1.807) is 0 Å². The van der Waals surface area contributed by atoms with Gasteiger partial charge in [-0.15, -0.1) is 0 Å². The minimum absolute atomic E-state index is 0.00708. The van der Waals surface area contributed by atoms with Crippen LogP contribution in [0.25, 0.3) is 0 Å². The normalized spacial score (nSPS) is 34.2. The van der Waals surface area contributed by atoms with E-state index in [0.29, 0.717) is 6.42 Å². The Labute approximate surface area is 79.0 Å². The molecule has 1 unspecified atom stereocenters. The van der Waals surface area contributed by atoms with Gasteiger partial charge in [-0.05, 0) is 33.1 Å². The van der Waals surface area contributed by atoms with Crippen molar-refractivity contribution in [1.82, 2.24) is 0 Å². The van der Waals surface area contributed by atoms with Crippen LogP contribution in [0.5, 0.6) is 0 Å². The van der Waals surface area contributed by atoms with E-state index in [0.717, 1.165) is 25.7 Å². The molecule has 1 aliphatic carbocycles. The summed E-state index contributed by atoms with van der Waals surface area (Å²) in [4.78, 5) is 11.1. The van der Waals surface area contributed by atoms with E-state index in [1.165, 1.54) is 11.1 Å². The SMILES string of the molecule is CC1=C(C)CC2(CCC(=O)O2)CC1. The van der Waals surface area contributed by atoms with Gasteiger partial charge in [-0.1, -0.05) is 11.1 Å². The van der Waals surface area contributed by atoms with E-state index < -0.39 is 0 Å². The first-order valence-electron chi connectivity index (χ1n) is 4.98.